The van der Waals surface area contributed by atoms with Gasteiger partial charge >= 0.3 is 5.97 Å². The first-order valence-corrected chi connectivity index (χ1v) is 4.15. The van der Waals surface area contributed by atoms with Crippen molar-refractivity contribution in [2.45, 2.75) is 18.2 Å². The van der Waals surface area contributed by atoms with Crippen LogP contribution in [0, 0.1) is 0 Å². The second-order valence-corrected chi connectivity index (χ2v) is 2.98. The highest BCUT2D eigenvalue weighted by Crippen LogP contribution is 2.16. The van der Waals surface area contributed by atoms with E-state index in [0.717, 1.165) is 16.9 Å². The molecule has 0 saturated heterocycles. The normalized spacial score (nSPS) is 9.83. The molecule has 0 spiro atoms. The van der Waals surface area contributed by atoms with Crippen LogP contribution in [0.5, 0.6) is 0 Å². The second kappa shape index (κ2) is 3.63. The van der Waals surface area contributed by atoms with Crippen LogP contribution in [0.3, 0.4) is 0 Å². The highest BCUT2D eigenvalue weighted by Gasteiger charge is 2.04. The number of thiol groups is 1. The molecule has 1 aromatic carbocycles. The summed E-state index contributed by atoms with van der Waals surface area (Å²) in [5.74, 6) is -0.891. The molecule has 0 heterocycles. The summed E-state index contributed by atoms with van der Waals surface area (Å²) < 4.78 is 0. The Morgan fingerprint density at radius 2 is 2.25 bits per heavy atom. The van der Waals surface area contributed by atoms with Crippen LogP contribution in [0.2, 0.25) is 0 Å². The van der Waals surface area contributed by atoms with E-state index >= 15 is 0 Å². The van der Waals surface area contributed by atoms with Crippen molar-refractivity contribution in [1.82, 2.24) is 0 Å². The first kappa shape index (κ1) is 9.13. The number of benzene rings is 1. The Morgan fingerprint density at radius 1 is 1.58 bits per heavy atom. The van der Waals surface area contributed by atoms with E-state index in [1.165, 1.54) is 0 Å². The summed E-state index contributed by atoms with van der Waals surface area (Å²) in [6.07, 6.45) is 0.806. The molecule has 0 aliphatic rings. The number of carboxylic acids is 1. The van der Waals surface area contributed by atoms with E-state index in [0.29, 0.717) is 5.56 Å². The van der Waals surface area contributed by atoms with Gasteiger partial charge in [-0.2, -0.15) is 0 Å². The summed E-state index contributed by atoms with van der Waals surface area (Å²) in [6.45, 7) is 1.97. The Labute approximate surface area is 76.6 Å². The molecule has 2 nitrogen and oxygen atoms in total. The predicted octanol–water partition coefficient (Wildman–Crippen LogP) is 2.24. The van der Waals surface area contributed by atoms with Gasteiger partial charge in [-0.25, -0.2) is 4.79 Å². The summed E-state index contributed by atoms with van der Waals surface area (Å²) in [5.41, 5.74) is 1.29. The Morgan fingerprint density at radius 3 is 2.75 bits per heavy atom. The van der Waals surface area contributed by atoms with Crippen molar-refractivity contribution in [3.8, 4) is 0 Å². The van der Waals surface area contributed by atoms with Gasteiger partial charge in [0.05, 0.1) is 5.56 Å². The minimum Gasteiger partial charge on any atom is -0.478 e. The highest BCUT2D eigenvalue weighted by molar-refractivity contribution is 7.80. The Kier molecular flexibility index (Phi) is 2.76. The van der Waals surface area contributed by atoms with Crippen LogP contribution < -0.4 is 0 Å². The van der Waals surface area contributed by atoms with E-state index in [2.05, 4.69) is 12.6 Å². The van der Waals surface area contributed by atoms with Crippen LogP contribution in [0.4, 0.5) is 0 Å². The summed E-state index contributed by atoms with van der Waals surface area (Å²) in [5, 5.41) is 8.67. The number of hydrogen-bond acceptors (Lipinski definition) is 2. The van der Waals surface area contributed by atoms with E-state index in [1.807, 2.05) is 6.92 Å². The minimum atomic E-state index is -0.891. The molecule has 0 amide bonds. The first-order chi connectivity index (χ1) is 5.65. The fraction of sp³-hybridized carbons (Fsp3) is 0.222. The van der Waals surface area contributed by atoms with Gasteiger partial charge in [0.25, 0.3) is 0 Å². The standard InChI is InChI=1S/C9H10O2S/c1-2-6-5-7(9(10)11)3-4-8(6)12/h3-5,12H,2H2,1H3,(H,10,11). The van der Waals surface area contributed by atoms with Crippen molar-refractivity contribution in [2.24, 2.45) is 0 Å². The first-order valence-electron chi connectivity index (χ1n) is 3.70. The van der Waals surface area contributed by atoms with Gasteiger partial charge < -0.3 is 5.11 Å². The molecule has 0 aromatic heterocycles. The molecular weight excluding hydrogens is 172 g/mol. The van der Waals surface area contributed by atoms with Gasteiger partial charge in [0.15, 0.2) is 0 Å². The highest BCUT2D eigenvalue weighted by atomic mass is 32.1. The van der Waals surface area contributed by atoms with Crippen LogP contribution in [0.25, 0.3) is 0 Å². The van der Waals surface area contributed by atoms with Crippen molar-refractivity contribution in [3.05, 3.63) is 29.3 Å². The topological polar surface area (TPSA) is 37.3 Å². The molecule has 1 rings (SSSR count). The third-order valence-corrected chi connectivity index (χ3v) is 2.14. The quantitative estimate of drug-likeness (QED) is 0.688. The largest absolute Gasteiger partial charge is 0.478 e. The van der Waals surface area contributed by atoms with E-state index in [9.17, 15) is 4.79 Å². The number of carboxylic acid groups (broad SMARTS) is 1. The van der Waals surface area contributed by atoms with Crippen LogP contribution >= 0.6 is 12.6 Å². The van der Waals surface area contributed by atoms with Gasteiger partial charge in [0.1, 0.15) is 0 Å². The molecule has 1 N–H and O–H groups in total. The molecule has 3 heteroatoms. The molecule has 0 fully saturated rings. The Balaban J connectivity index is 3.13. The van der Waals surface area contributed by atoms with Gasteiger partial charge in [-0.3, -0.25) is 0 Å². The lowest BCUT2D eigenvalue weighted by molar-refractivity contribution is 0.0696. The van der Waals surface area contributed by atoms with Gasteiger partial charge in [-0.1, -0.05) is 6.92 Å². The molecule has 64 valence electrons. The van der Waals surface area contributed by atoms with Gasteiger partial charge in [0, 0.05) is 4.90 Å². The number of carbonyl (C=O) groups is 1. The van der Waals surface area contributed by atoms with Crippen LogP contribution in [0.1, 0.15) is 22.8 Å². The molecule has 0 bridgehead atoms. The maximum absolute atomic E-state index is 10.6. The van der Waals surface area contributed by atoms with E-state index < -0.39 is 5.97 Å². The van der Waals surface area contributed by atoms with E-state index in [-0.39, 0.29) is 0 Å². The zero-order valence-corrected chi connectivity index (χ0v) is 7.64. The Bertz CT molecular complexity index is 307. The van der Waals surface area contributed by atoms with Crippen molar-refractivity contribution in [2.75, 3.05) is 0 Å². The van der Waals surface area contributed by atoms with Crippen molar-refractivity contribution in [3.63, 3.8) is 0 Å². The van der Waals surface area contributed by atoms with Gasteiger partial charge in [0.2, 0.25) is 0 Å². The van der Waals surface area contributed by atoms with Crippen molar-refractivity contribution >= 4 is 18.6 Å². The molecule has 0 atom stereocenters. The Hall–Kier alpha value is -0.960. The van der Waals surface area contributed by atoms with Crippen molar-refractivity contribution < 1.29 is 9.90 Å². The number of aryl methyl sites for hydroxylation is 1. The summed E-state index contributed by atoms with van der Waals surface area (Å²) in [6, 6.07) is 4.93. The lowest BCUT2D eigenvalue weighted by Gasteiger charge is -2.02. The smallest absolute Gasteiger partial charge is 0.335 e. The predicted molar refractivity (Wildman–Crippen MR) is 50.0 cm³/mol. The summed E-state index contributed by atoms with van der Waals surface area (Å²) >= 11 is 4.20. The molecule has 0 radical (unpaired) electrons. The summed E-state index contributed by atoms with van der Waals surface area (Å²) in [7, 11) is 0. The monoisotopic (exact) mass is 182 g/mol. The number of rotatable bonds is 2. The zero-order chi connectivity index (χ0) is 9.14. The number of aromatic carboxylic acids is 1. The third kappa shape index (κ3) is 1.80. The molecule has 0 saturated carbocycles. The lowest BCUT2D eigenvalue weighted by atomic mass is 10.1. The fourth-order valence-corrected chi connectivity index (χ4v) is 1.30. The second-order valence-electron chi connectivity index (χ2n) is 2.50. The lowest BCUT2D eigenvalue weighted by Crippen LogP contribution is -1.97. The van der Waals surface area contributed by atoms with Crippen molar-refractivity contribution in [1.29, 1.82) is 0 Å². The van der Waals surface area contributed by atoms with Crippen LogP contribution in [-0.4, -0.2) is 11.1 Å². The molecular formula is C9H10O2S. The third-order valence-electron chi connectivity index (χ3n) is 1.71. The zero-order valence-electron chi connectivity index (χ0n) is 6.74. The molecule has 0 aliphatic carbocycles. The molecule has 1 aromatic rings. The van der Waals surface area contributed by atoms with E-state index in [1.54, 1.807) is 18.2 Å². The molecule has 0 unspecified atom stereocenters. The van der Waals surface area contributed by atoms with E-state index in [4.69, 9.17) is 5.11 Å². The average Bonchev–Trinajstić information content (AvgIpc) is 2.05. The maximum Gasteiger partial charge on any atom is 0.335 e. The molecule has 12 heavy (non-hydrogen) atoms. The fourth-order valence-electron chi connectivity index (χ4n) is 1.00. The van der Waals surface area contributed by atoms with Gasteiger partial charge in [-0.05, 0) is 30.2 Å². The average molecular weight is 182 g/mol. The number of hydrogen-bond donors (Lipinski definition) is 2. The summed E-state index contributed by atoms with van der Waals surface area (Å²) in [4.78, 5) is 11.4. The van der Waals surface area contributed by atoms with Gasteiger partial charge in [-0.15, -0.1) is 12.6 Å². The molecule has 0 aliphatic heterocycles. The maximum atomic E-state index is 10.6. The van der Waals surface area contributed by atoms with Crippen LogP contribution in [-0.2, 0) is 6.42 Å². The SMILES string of the molecule is CCc1cc(C(=O)O)ccc1S. The minimum absolute atomic E-state index is 0.324. The van der Waals surface area contributed by atoms with Crippen LogP contribution in [0.15, 0.2) is 23.1 Å².